The first-order chi connectivity index (χ1) is 17.8. The van der Waals surface area contributed by atoms with Crippen LogP contribution in [0.2, 0.25) is 0 Å². The Morgan fingerprint density at radius 3 is 2.59 bits per heavy atom. The molecule has 2 heterocycles. The van der Waals surface area contributed by atoms with E-state index in [1.807, 2.05) is 0 Å². The van der Waals surface area contributed by atoms with Gasteiger partial charge in [0.2, 0.25) is 5.88 Å². The minimum Gasteiger partial charge on any atom is -0.507 e. The number of anilines is 1. The molecule has 37 heavy (non-hydrogen) atoms. The summed E-state index contributed by atoms with van der Waals surface area (Å²) in [6.07, 6.45) is 8.90. The second kappa shape index (κ2) is 9.19. The highest BCUT2D eigenvalue weighted by Gasteiger charge is 2.50. The molecule has 0 unspecified atom stereocenters. The lowest BCUT2D eigenvalue weighted by Crippen LogP contribution is -2.54. The van der Waals surface area contributed by atoms with Gasteiger partial charge in [-0.05, 0) is 67.6 Å². The molecule has 3 aliphatic carbocycles. The van der Waals surface area contributed by atoms with Gasteiger partial charge in [-0.1, -0.05) is 19.4 Å². The number of aromatic nitrogens is 4. The molecule has 7 nitrogen and oxygen atoms in total. The number of hydrogen-bond donors (Lipinski definition) is 1. The van der Waals surface area contributed by atoms with Crippen molar-refractivity contribution in [3.8, 4) is 34.1 Å². The number of benzene rings is 1. The second-order valence-corrected chi connectivity index (χ2v) is 11.1. The molecule has 0 aliphatic heterocycles. The largest absolute Gasteiger partial charge is 0.507 e. The van der Waals surface area contributed by atoms with Crippen LogP contribution in [0.3, 0.4) is 0 Å². The fraction of sp³-hybridized carbons (Fsp3) is 0.500. The highest BCUT2D eigenvalue weighted by molar-refractivity contribution is 5.73. The van der Waals surface area contributed by atoms with E-state index in [4.69, 9.17) is 4.74 Å². The average molecular weight is 508 g/mol. The van der Waals surface area contributed by atoms with Gasteiger partial charge in [0.1, 0.15) is 17.7 Å². The number of aromatic hydroxyl groups is 1. The predicted molar refractivity (Wildman–Crippen MR) is 136 cm³/mol. The van der Waals surface area contributed by atoms with Crippen LogP contribution in [0.5, 0.6) is 11.6 Å². The van der Waals surface area contributed by atoms with E-state index in [1.54, 1.807) is 18.3 Å². The van der Waals surface area contributed by atoms with E-state index in [9.17, 15) is 9.50 Å². The van der Waals surface area contributed by atoms with Crippen LogP contribution < -0.4 is 9.64 Å². The molecular formula is C28H31F2N5O2. The summed E-state index contributed by atoms with van der Waals surface area (Å²) < 4.78 is 35.1. The number of phenolic OH excluding ortho intramolecular Hbond substituents is 1. The van der Waals surface area contributed by atoms with Crippen molar-refractivity contribution in [1.29, 1.82) is 0 Å². The van der Waals surface area contributed by atoms with E-state index in [1.165, 1.54) is 19.2 Å². The van der Waals surface area contributed by atoms with Gasteiger partial charge in [-0.3, -0.25) is 0 Å². The van der Waals surface area contributed by atoms with Crippen LogP contribution in [-0.4, -0.2) is 50.6 Å². The number of halogens is 2. The molecule has 3 saturated carbocycles. The first-order valence-corrected chi connectivity index (χ1v) is 13.0. The molecule has 3 aliphatic rings. The molecule has 3 fully saturated rings. The predicted octanol–water partition coefficient (Wildman–Crippen LogP) is 5.73. The van der Waals surface area contributed by atoms with E-state index in [0.29, 0.717) is 16.9 Å². The van der Waals surface area contributed by atoms with Crippen molar-refractivity contribution in [3.05, 3.63) is 42.5 Å². The third kappa shape index (κ3) is 4.49. The van der Waals surface area contributed by atoms with Crippen molar-refractivity contribution in [2.45, 2.75) is 70.1 Å². The zero-order valence-corrected chi connectivity index (χ0v) is 21.1. The topological polar surface area (TPSA) is 84.3 Å². The van der Waals surface area contributed by atoms with Crippen molar-refractivity contribution in [3.63, 3.8) is 0 Å². The summed E-state index contributed by atoms with van der Waals surface area (Å²) in [6, 6.07) is 6.30. The van der Waals surface area contributed by atoms with Crippen LogP contribution in [0.4, 0.5) is 14.6 Å². The lowest BCUT2D eigenvalue weighted by molar-refractivity contribution is 0.00942. The van der Waals surface area contributed by atoms with Crippen molar-refractivity contribution in [1.82, 2.24) is 20.2 Å². The van der Waals surface area contributed by atoms with Crippen molar-refractivity contribution >= 4 is 5.82 Å². The quantitative estimate of drug-likeness (QED) is 0.456. The summed E-state index contributed by atoms with van der Waals surface area (Å²) in [4.78, 5) is 10.5. The van der Waals surface area contributed by atoms with Gasteiger partial charge in [-0.2, -0.15) is 0 Å². The van der Waals surface area contributed by atoms with Crippen LogP contribution in [0.1, 0.15) is 51.9 Å². The highest BCUT2D eigenvalue weighted by atomic mass is 19.1. The average Bonchev–Trinajstić information content (AvgIpc) is 3.73. The third-order valence-electron chi connectivity index (χ3n) is 8.33. The zero-order valence-electron chi connectivity index (χ0n) is 21.1. The van der Waals surface area contributed by atoms with Gasteiger partial charge in [-0.25, -0.2) is 18.7 Å². The van der Waals surface area contributed by atoms with Crippen molar-refractivity contribution in [2.75, 3.05) is 12.0 Å². The Labute approximate surface area is 214 Å². The molecule has 9 heteroatoms. The first-order valence-electron chi connectivity index (χ1n) is 13.0. The maximum atomic E-state index is 15.7. The maximum absolute atomic E-state index is 15.7. The number of fused-ring (bicyclic) bond motifs is 2. The Hall–Kier alpha value is -3.36. The number of pyridine rings is 1. The summed E-state index contributed by atoms with van der Waals surface area (Å²) in [5.41, 5.74) is 1.28. The monoisotopic (exact) mass is 507 g/mol. The molecule has 1 aromatic carbocycles. The van der Waals surface area contributed by atoms with E-state index < -0.39 is 12.0 Å². The lowest BCUT2D eigenvalue weighted by Gasteiger charge is -2.51. The van der Waals surface area contributed by atoms with Gasteiger partial charge >= 0.3 is 0 Å². The number of phenols is 1. The molecular weight excluding hydrogens is 476 g/mol. The van der Waals surface area contributed by atoms with E-state index >= 15 is 4.39 Å². The van der Waals surface area contributed by atoms with Crippen LogP contribution in [0.25, 0.3) is 22.5 Å². The van der Waals surface area contributed by atoms with E-state index in [2.05, 4.69) is 32.0 Å². The molecule has 1 N–H and O–H groups in total. The maximum Gasteiger partial charge on any atom is 0.213 e. The number of nitrogens with zero attached hydrogens (tertiary/aromatic N) is 5. The number of methoxy groups -OCH3 is 1. The Morgan fingerprint density at radius 1 is 1.05 bits per heavy atom. The van der Waals surface area contributed by atoms with Crippen molar-refractivity contribution < 1.29 is 18.6 Å². The summed E-state index contributed by atoms with van der Waals surface area (Å²) >= 11 is 0. The lowest BCUT2D eigenvalue weighted by atomic mass is 9.60. The summed E-state index contributed by atoms with van der Waals surface area (Å²) in [6.45, 7) is 2.30. The minimum absolute atomic E-state index is 0.0990. The molecule has 3 aromatic rings. The van der Waals surface area contributed by atoms with Crippen LogP contribution in [0, 0.1) is 17.2 Å². The van der Waals surface area contributed by atoms with Gasteiger partial charge in [0, 0.05) is 17.7 Å². The molecule has 194 valence electrons. The fourth-order valence-electron chi connectivity index (χ4n) is 6.40. The Kier molecular flexibility index (Phi) is 5.96. The Balaban J connectivity index is 1.27. The van der Waals surface area contributed by atoms with Gasteiger partial charge < -0.3 is 14.7 Å². The van der Waals surface area contributed by atoms with Crippen molar-refractivity contribution in [2.24, 2.45) is 11.3 Å². The van der Waals surface area contributed by atoms with Gasteiger partial charge in [0.25, 0.3) is 0 Å². The molecule has 2 aromatic heterocycles. The molecule has 0 saturated heterocycles. The third-order valence-corrected chi connectivity index (χ3v) is 8.33. The fourth-order valence-corrected chi connectivity index (χ4v) is 6.40. The standard InChI is InChI=1S/C28H31F2N5O2/c1-28-9-3-4-17(12-28)26(30)22(13-28)35(18-6-7-18)24-15-32-27(34-33-24)19-8-5-16(10-23(19)36)20-11-25(37-2)31-14-21(20)29/h5,8,10-11,14-15,17-18,22,26,36H,3-4,6-7,9,12-13H2,1-2H3/t17-,22-,26+,28+/m0/s1. The second-order valence-electron chi connectivity index (χ2n) is 11.1. The SMILES string of the molecule is COc1cc(-c2ccc(-c3ncc(N(C4CC4)[C@H]4C[C@]5(C)CCC[C@@H](C5)[C@H]4F)nn3)c(O)c2)c(F)cn1. The molecule has 2 bridgehead atoms. The summed E-state index contributed by atoms with van der Waals surface area (Å²) in [7, 11) is 1.46. The first kappa shape index (κ1) is 24.0. The van der Waals surface area contributed by atoms with E-state index in [-0.39, 0.29) is 46.4 Å². The van der Waals surface area contributed by atoms with E-state index in [0.717, 1.165) is 51.1 Å². The highest BCUT2D eigenvalue weighted by Crippen LogP contribution is 2.52. The van der Waals surface area contributed by atoms with Gasteiger partial charge in [-0.15, -0.1) is 10.2 Å². The molecule has 0 spiro atoms. The normalized spacial score (nSPS) is 27.1. The van der Waals surface area contributed by atoms with Crippen LogP contribution >= 0.6 is 0 Å². The molecule has 6 rings (SSSR count). The molecule has 0 radical (unpaired) electrons. The number of rotatable bonds is 6. The van der Waals surface area contributed by atoms with Gasteiger partial charge in [0.05, 0.1) is 31.1 Å². The van der Waals surface area contributed by atoms with Gasteiger partial charge in [0.15, 0.2) is 11.6 Å². The number of ether oxygens (including phenoxy) is 1. The summed E-state index contributed by atoms with van der Waals surface area (Å²) in [5.74, 6) is 0.597. The number of alkyl halides is 1. The minimum atomic E-state index is -0.876. The number of hydrogen-bond acceptors (Lipinski definition) is 7. The zero-order chi connectivity index (χ0) is 25.7. The van der Waals surface area contributed by atoms with Crippen LogP contribution in [0.15, 0.2) is 36.7 Å². The summed E-state index contributed by atoms with van der Waals surface area (Å²) in [5, 5.41) is 19.5. The Bertz CT molecular complexity index is 1300. The van der Waals surface area contributed by atoms with Crippen LogP contribution in [-0.2, 0) is 0 Å². The molecule has 0 amide bonds. The molecule has 4 atom stereocenters. The Morgan fingerprint density at radius 2 is 1.89 bits per heavy atom. The smallest absolute Gasteiger partial charge is 0.213 e.